The van der Waals surface area contributed by atoms with Crippen LogP contribution in [0.1, 0.15) is 26.7 Å². The van der Waals surface area contributed by atoms with E-state index in [-0.39, 0.29) is 0 Å². The smallest absolute Gasteiger partial charge is 0.130 e. The molecule has 2 rings (SSSR count). The van der Waals surface area contributed by atoms with Crippen molar-refractivity contribution in [2.24, 2.45) is 0 Å². The Hall–Kier alpha value is -1.29. The van der Waals surface area contributed by atoms with Gasteiger partial charge in [-0.3, -0.25) is 0 Å². The fraction of sp³-hybridized carbons (Fsp3) is 0.615. The SMILES string of the molecule is CCNc1cccc(N2CCC(C)(O)CC2)n1. The van der Waals surface area contributed by atoms with E-state index in [9.17, 15) is 5.11 Å². The van der Waals surface area contributed by atoms with Crippen molar-refractivity contribution in [2.45, 2.75) is 32.3 Å². The Morgan fingerprint density at radius 3 is 2.76 bits per heavy atom. The van der Waals surface area contributed by atoms with Gasteiger partial charge in [0.05, 0.1) is 5.60 Å². The van der Waals surface area contributed by atoms with Crippen molar-refractivity contribution in [3.8, 4) is 0 Å². The fourth-order valence-corrected chi connectivity index (χ4v) is 2.10. The molecule has 0 unspecified atom stereocenters. The highest BCUT2D eigenvalue weighted by atomic mass is 16.3. The van der Waals surface area contributed by atoms with Gasteiger partial charge in [0.2, 0.25) is 0 Å². The van der Waals surface area contributed by atoms with Gasteiger partial charge in [0.25, 0.3) is 0 Å². The molecule has 0 radical (unpaired) electrons. The van der Waals surface area contributed by atoms with E-state index in [1.807, 2.05) is 25.1 Å². The Bertz CT molecular complexity index is 369. The van der Waals surface area contributed by atoms with Crippen molar-refractivity contribution in [3.63, 3.8) is 0 Å². The summed E-state index contributed by atoms with van der Waals surface area (Å²) in [5, 5.41) is 13.1. The second-order valence-corrected chi connectivity index (χ2v) is 4.90. The summed E-state index contributed by atoms with van der Waals surface area (Å²) in [4.78, 5) is 6.80. The van der Waals surface area contributed by atoms with Crippen LogP contribution in [0.3, 0.4) is 0 Å². The van der Waals surface area contributed by atoms with Crippen molar-refractivity contribution < 1.29 is 5.11 Å². The van der Waals surface area contributed by atoms with Crippen molar-refractivity contribution in [2.75, 3.05) is 29.9 Å². The third kappa shape index (κ3) is 3.09. The van der Waals surface area contributed by atoms with Crippen molar-refractivity contribution in [3.05, 3.63) is 18.2 Å². The normalized spacial score (nSPS) is 19.1. The maximum Gasteiger partial charge on any atom is 0.130 e. The molecule has 0 spiro atoms. The van der Waals surface area contributed by atoms with Crippen LogP contribution in [0.5, 0.6) is 0 Å². The number of hydrogen-bond donors (Lipinski definition) is 2. The van der Waals surface area contributed by atoms with E-state index in [1.165, 1.54) is 0 Å². The first-order valence-corrected chi connectivity index (χ1v) is 6.29. The summed E-state index contributed by atoms with van der Waals surface area (Å²) in [6, 6.07) is 6.03. The minimum absolute atomic E-state index is 0.504. The summed E-state index contributed by atoms with van der Waals surface area (Å²) in [7, 11) is 0. The average Bonchev–Trinajstić information content (AvgIpc) is 2.30. The Kier molecular flexibility index (Phi) is 3.52. The quantitative estimate of drug-likeness (QED) is 0.839. The van der Waals surface area contributed by atoms with Crippen molar-refractivity contribution in [1.82, 2.24) is 4.98 Å². The van der Waals surface area contributed by atoms with Crippen molar-refractivity contribution >= 4 is 11.6 Å². The van der Waals surface area contributed by atoms with Gasteiger partial charge in [-0.25, -0.2) is 4.98 Å². The number of nitrogens with one attached hydrogen (secondary N) is 1. The summed E-state index contributed by atoms with van der Waals surface area (Å²) in [5.41, 5.74) is -0.504. The molecule has 1 aliphatic heterocycles. The second-order valence-electron chi connectivity index (χ2n) is 4.90. The molecule has 1 aromatic rings. The van der Waals surface area contributed by atoms with E-state index in [1.54, 1.807) is 0 Å². The third-order valence-electron chi connectivity index (χ3n) is 3.26. The lowest BCUT2D eigenvalue weighted by atomic mass is 9.94. The zero-order valence-corrected chi connectivity index (χ0v) is 10.6. The Morgan fingerprint density at radius 1 is 1.41 bits per heavy atom. The van der Waals surface area contributed by atoms with Gasteiger partial charge in [-0.15, -0.1) is 0 Å². The maximum atomic E-state index is 9.92. The lowest BCUT2D eigenvalue weighted by Crippen LogP contribution is -2.42. The molecule has 0 amide bonds. The number of hydrogen-bond acceptors (Lipinski definition) is 4. The number of nitrogens with zero attached hydrogens (tertiary/aromatic N) is 2. The second kappa shape index (κ2) is 4.92. The molecule has 0 aliphatic carbocycles. The van der Waals surface area contributed by atoms with Gasteiger partial charge >= 0.3 is 0 Å². The van der Waals surface area contributed by atoms with Gasteiger partial charge in [-0.1, -0.05) is 6.07 Å². The minimum Gasteiger partial charge on any atom is -0.390 e. The highest BCUT2D eigenvalue weighted by Gasteiger charge is 2.27. The molecule has 17 heavy (non-hydrogen) atoms. The molecular weight excluding hydrogens is 214 g/mol. The van der Waals surface area contributed by atoms with E-state index in [4.69, 9.17) is 0 Å². The molecule has 1 aromatic heterocycles. The average molecular weight is 235 g/mol. The molecule has 1 aliphatic rings. The van der Waals surface area contributed by atoms with Gasteiger partial charge in [0, 0.05) is 19.6 Å². The number of aromatic nitrogens is 1. The Balaban J connectivity index is 2.05. The van der Waals surface area contributed by atoms with E-state index in [0.717, 1.165) is 44.1 Å². The van der Waals surface area contributed by atoms with Crippen LogP contribution >= 0.6 is 0 Å². The molecule has 94 valence electrons. The molecule has 2 N–H and O–H groups in total. The lowest BCUT2D eigenvalue weighted by molar-refractivity contribution is 0.0350. The summed E-state index contributed by atoms with van der Waals surface area (Å²) >= 11 is 0. The van der Waals surface area contributed by atoms with Crippen LogP contribution in [0.4, 0.5) is 11.6 Å². The predicted octanol–water partition coefficient (Wildman–Crippen LogP) is 1.86. The van der Waals surface area contributed by atoms with E-state index in [2.05, 4.69) is 22.1 Å². The van der Waals surface area contributed by atoms with Crippen LogP contribution in [0.2, 0.25) is 0 Å². The number of piperidine rings is 1. The first-order chi connectivity index (χ1) is 8.11. The highest BCUT2D eigenvalue weighted by Crippen LogP contribution is 2.25. The Labute approximate surface area is 103 Å². The molecule has 0 saturated carbocycles. The van der Waals surface area contributed by atoms with Gasteiger partial charge in [0.15, 0.2) is 0 Å². The number of rotatable bonds is 3. The van der Waals surface area contributed by atoms with Crippen LogP contribution in [-0.2, 0) is 0 Å². The molecular formula is C13H21N3O. The van der Waals surface area contributed by atoms with Gasteiger partial charge in [-0.05, 0) is 38.8 Å². The number of anilines is 2. The van der Waals surface area contributed by atoms with Crippen molar-refractivity contribution in [1.29, 1.82) is 0 Å². The van der Waals surface area contributed by atoms with Gasteiger partial charge in [0.1, 0.15) is 11.6 Å². The molecule has 0 bridgehead atoms. The largest absolute Gasteiger partial charge is 0.390 e. The first-order valence-electron chi connectivity index (χ1n) is 6.29. The van der Waals surface area contributed by atoms with Gasteiger partial charge in [-0.2, -0.15) is 0 Å². The van der Waals surface area contributed by atoms with Crippen LogP contribution in [0.15, 0.2) is 18.2 Å². The molecule has 0 aromatic carbocycles. The summed E-state index contributed by atoms with van der Waals surface area (Å²) in [6.07, 6.45) is 1.61. The molecule has 4 heteroatoms. The number of aliphatic hydroxyl groups is 1. The molecule has 2 heterocycles. The maximum absolute atomic E-state index is 9.92. The summed E-state index contributed by atoms with van der Waals surface area (Å²) < 4.78 is 0. The third-order valence-corrected chi connectivity index (χ3v) is 3.26. The topological polar surface area (TPSA) is 48.4 Å². The molecule has 4 nitrogen and oxygen atoms in total. The zero-order chi connectivity index (χ0) is 12.3. The minimum atomic E-state index is -0.504. The van der Waals surface area contributed by atoms with E-state index >= 15 is 0 Å². The van der Waals surface area contributed by atoms with Crippen LogP contribution in [-0.4, -0.2) is 35.3 Å². The molecule has 0 atom stereocenters. The van der Waals surface area contributed by atoms with E-state index < -0.39 is 5.60 Å². The lowest BCUT2D eigenvalue weighted by Gasteiger charge is -2.36. The monoisotopic (exact) mass is 235 g/mol. The fourth-order valence-electron chi connectivity index (χ4n) is 2.10. The predicted molar refractivity (Wildman–Crippen MR) is 70.5 cm³/mol. The summed E-state index contributed by atoms with van der Waals surface area (Å²) in [6.45, 7) is 6.59. The van der Waals surface area contributed by atoms with Crippen LogP contribution in [0, 0.1) is 0 Å². The highest BCUT2D eigenvalue weighted by molar-refractivity contribution is 5.47. The van der Waals surface area contributed by atoms with Crippen LogP contribution < -0.4 is 10.2 Å². The first kappa shape index (κ1) is 12.2. The Morgan fingerprint density at radius 2 is 2.12 bits per heavy atom. The summed E-state index contributed by atoms with van der Waals surface area (Å²) in [5.74, 6) is 1.92. The van der Waals surface area contributed by atoms with E-state index in [0.29, 0.717) is 0 Å². The molecule has 1 fully saturated rings. The zero-order valence-electron chi connectivity index (χ0n) is 10.6. The van der Waals surface area contributed by atoms with Gasteiger partial charge < -0.3 is 15.3 Å². The van der Waals surface area contributed by atoms with Crippen LogP contribution in [0.25, 0.3) is 0 Å². The molecule has 1 saturated heterocycles. The number of pyridine rings is 1. The standard InChI is InChI=1S/C13H21N3O/c1-3-14-11-5-4-6-12(15-11)16-9-7-13(2,17)8-10-16/h4-6,17H,3,7-10H2,1-2H3,(H,14,15).